The van der Waals surface area contributed by atoms with Crippen LogP contribution in [0.3, 0.4) is 0 Å². The monoisotopic (exact) mass is 486 g/mol. The lowest BCUT2D eigenvalue weighted by molar-refractivity contribution is -0.122. The van der Waals surface area contributed by atoms with Crippen LogP contribution in [0.25, 0.3) is 0 Å². The number of hydrogen-bond donors (Lipinski definition) is 3. The third kappa shape index (κ3) is 7.78. The number of anilines is 2. The largest absolute Gasteiger partial charge is 0.490 e. The van der Waals surface area contributed by atoms with Crippen LogP contribution in [-0.4, -0.2) is 69.3 Å². The molecule has 0 bridgehead atoms. The first-order chi connectivity index (χ1) is 16.9. The third-order valence-corrected chi connectivity index (χ3v) is 4.71. The number of nitrogens with one attached hydrogen (secondary N) is 3. The van der Waals surface area contributed by atoms with E-state index >= 15 is 0 Å². The lowest BCUT2D eigenvalue weighted by atomic mass is 10.2. The minimum Gasteiger partial charge on any atom is -0.490 e. The molecule has 0 fully saturated rings. The van der Waals surface area contributed by atoms with Gasteiger partial charge in [-0.05, 0) is 45.2 Å². The highest BCUT2D eigenvalue weighted by Gasteiger charge is 2.16. The maximum Gasteiger partial charge on any atom is 0.325 e. The zero-order valence-electron chi connectivity index (χ0n) is 20.0. The minimum atomic E-state index is -0.692. The van der Waals surface area contributed by atoms with Crippen molar-refractivity contribution in [2.45, 2.75) is 13.8 Å². The molecule has 11 heteroatoms. The van der Waals surface area contributed by atoms with Crippen LogP contribution in [0, 0.1) is 0 Å². The second-order valence-electron chi connectivity index (χ2n) is 7.61. The van der Waals surface area contributed by atoms with Crippen LogP contribution in [0.4, 0.5) is 16.2 Å². The van der Waals surface area contributed by atoms with Crippen LogP contribution in [-0.2, 0) is 9.59 Å². The van der Waals surface area contributed by atoms with Gasteiger partial charge in [0.15, 0.2) is 23.0 Å². The van der Waals surface area contributed by atoms with Gasteiger partial charge in [0.1, 0.15) is 13.2 Å². The molecule has 0 saturated carbocycles. The molecule has 0 spiro atoms. The Balaban J connectivity index is 1.45. The van der Waals surface area contributed by atoms with Gasteiger partial charge in [0, 0.05) is 23.5 Å². The number of rotatable bonds is 10. The Hall–Kier alpha value is -3.99. The molecular formula is C24H30N4O7. The van der Waals surface area contributed by atoms with Crippen LogP contribution >= 0.6 is 0 Å². The van der Waals surface area contributed by atoms with Crippen molar-refractivity contribution in [3.8, 4) is 23.0 Å². The summed E-state index contributed by atoms with van der Waals surface area (Å²) in [4.78, 5) is 38.3. The number of amides is 4. The van der Waals surface area contributed by atoms with E-state index in [1.807, 2.05) is 13.8 Å². The zero-order chi connectivity index (χ0) is 25.2. The van der Waals surface area contributed by atoms with Crippen molar-refractivity contribution >= 4 is 29.2 Å². The number of ether oxygens (including phenoxy) is 4. The van der Waals surface area contributed by atoms with Gasteiger partial charge in [-0.15, -0.1) is 0 Å². The number of nitrogens with zero attached hydrogens (tertiary/aromatic N) is 1. The van der Waals surface area contributed by atoms with E-state index in [9.17, 15) is 14.4 Å². The number of fused-ring (bicyclic) bond motifs is 1. The number of carbonyl (C=O) groups is 3. The van der Waals surface area contributed by atoms with Crippen LogP contribution in [0.5, 0.6) is 23.0 Å². The Kier molecular flexibility index (Phi) is 9.13. The van der Waals surface area contributed by atoms with E-state index in [1.54, 1.807) is 43.4 Å². The average molecular weight is 487 g/mol. The summed E-state index contributed by atoms with van der Waals surface area (Å²) in [6, 6.07) is 9.37. The summed E-state index contributed by atoms with van der Waals surface area (Å²) in [7, 11) is 1.60. The molecule has 0 saturated heterocycles. The fraction of sp³-hybridized carbons (Fsp3) is 0.375. The Morgan fingerprint density at radius 1 is 0.829 bits per heavy atom. The average Bonchev–Trinajstić information content (AvgIpc) is 2.80. The van der Waals surface area contributed by atoms with Gasteiger partial charge < -0.3 is 29.6 Å². The molecule has 2 aromatic rings. The molecule has 0 unspecified atom stereocenters. The highest BCUT2D eigenvalue weighted by atomic mass is 16.6. The van der Waals surface area contributed by atoms with E-state index < -0.39 is 11.9 Å². The third-order valence-electron chi connectivity index (χ3n) is 4.71. The fourth-order valence-corrected chi connectivity index (χ4v) is 3.33. The molecule has 1 aliphatic rings. The van der Waals surface area contributed by atoms with Crippen molar-refractivity contribution in [2.24, 2.45) is 0 Å². The Labute approximate surface area is 203 Å². The Bertz CT molecular complexity index is 1060. The van der Waals surface area contributed by atoms with Crippen molar-refractivity contribution in [2.75, 3.05) is 57.2 Å². The summed E-state index contributed by atoms with van der Waals surface area (Å²) in [5.41, 5.74) is 0.993. The fourth-order valence-electron chi connectivity index (χ4n) is 3.33. The van der Waals surface area contributed by atoms with Gasteiger partial charge in [-0.3, -0.25) is 19.8 Å². The molecule has 35 heavy (non-hydrogen) atoms. The molecule has 3 N–H and O–H groups in total. The molecule has 0 aromatic heterocycles. The molecule has 0 atom stereocenters. The Morgan fingerprint density at radius 3 is 2.20 bits per heavy atom. The quantitative estimate of drug-likeness (QED) is 0.467. The van der Waals surface area contributed by atoms with Gasteiger partial charge in [0.2, 0.25) is 11.8 Å². The van der Waals surface area contributed by atoms with Crippen molar-refractivity contribution < 1.29 is 33.3 Å². The number of hydrogen-bond acceptors (Lipinski definition) is 8. The van der Waals surface area contributed by atoms with Gasteiger partial charge >= 0.3 is 6.03 Å². The standard InChI is InChI=1S/C24H30N4O7/c1-4-32-18-8-6-16(12-20(18)33-5-2)25-22(29)14-28(3)15-23(30)27-24(31)26-17-7-9-19-21(13-17)35-11-10-34-19/h6-9,12-13H,4-5,10-11,14-15H2,1-3H3,(H,25,29)(H2,26,27,30,31). The highest BCUT2D eigenvalue weighted by molar-refractivity contribution is 6.02. The van der Waals surface area contributed by atoms with Crippen molar-refractivity contribution in [1.82, 2.24) is 10.2 Å². The smallest absolute Gasteiger partial charge is 0.325 e. The summed E-state index contributed by atoms with van der Waals surface area (Å²) < 4.78 is 22.0. The number of carbonyl (C=O) groups excluding carboxylic acids is 3. The topological polar surface area (TPSA) is 127 Å². The van der Waals surface area contributed by atoms with Crippen molar-refractivity contribution in [1.29, 1.82) is 0 Å². The second-order valence-corrected chi connectivity index (χ2v) is 7.61. The van der Waals surface area contributed by atoms with E-state index in [1.165, 1.54) is 4.90 Å². The molecule has 1 heterocycles. The summed E-state index contributed by atoms with van der Waals surface area (Å²) in [5, 5.41) is 7.57. The van der Waals surface area contributed by atoms with Gasteiger partial charge in [0.05, 0.1) is 26.3 Å². The molecule has 1 aliphatic heterocycles. The van der Waals surface area contributed by atoms with Gasteiger partial charge in [-0.25, -0.2) is 4.79 Å². The predicted octanol–water partition coefficient (Wildman–Crippen LogP) is 2.47. The van der Waals surface area contributed by atoms with Crippen molar-refractivity contribution in [3.63, 3.8) is 0 Å². The molecule has 4 amide bonds. The first-order valence-electron chi connectivity index (χ1n) is 11.3. The lowest BCUT2D eigenvalue weighted by Crippen LogP contribution is -2.42. The van der Waals surface area contributed by atoms with E-state index in [2.05, 4.69) is 16.0 Å². The summed E-state index contributed by atoms with van der Waals surface area (Å²) in [6.45, 7) is 5.35. The van der Waals surface area contributed by atoms with Crippen molar-refractivity contribution in [3.05, 3.63) is 36.4 Å². The van der Waals surface area contributed by atoms with Gasteiger partial charge in [0.25, 0.3) is 0 Å². The molecular weight excluding hydrogens is 456 g/mol. The Morgan fingerprint density at radius 2 is 1.46 bits per heavy atom. The normalized spacial score (nSPS) is 12.0. The first-order valence-corrected chi connectivity index (χ1v) is 11.3. The molecule has 11 nitrogen and oxygen atoms in total. The lowest BCUT2D eigenvalue weighted by Gasteiger charge is -2.19. The van der Waals surface area contributed by atoms with Gasteiger partial charge in [-0.1, -0.05) is 0 Å². The predicted molar refractivity (Wildman–Crippen MR) is 130 cm³/mol. The molecule has 0 radical (unpaired) electrons. The second kappa shape index (κ2) is 12.5. The van der Waals surface area contributed by atoms with Crippen LogP contribution < -0.4 is 34.9 Å². The van der Waals surface area contributed by atoms with E-state index in [-0.39, 0.29) is 19.0 Å². The summed E-state index contributed by atoms with van der Waals surface area (Å²) in [6.07, 6.45) is 0. The van der Waals surface area contributed by atoms with E-state index in [4.69, 9.17) is 18.9 Å². The van der Waals surface area contributed by atoms with Crippen LogP contribution in [0.15, 0.2) is 36.4 Å². The number of imide groups is 1. The van der Waals surface area contributed by atoms with E-state index in [0.717, 1.165) is 0 Å². The zero-order valence-corrected chi connectivity index (χ0v) is 20.0. The molecule has 2 aromatic carbocycles. The molecule has 3 rings (SSSR count). The van der Waals surface area contributed by atoms with E-state index in [0.29, 0.717) is 60.8 Å². The maximum atomic E-state index is 12.4. The van der Waals surface area contributed by atoms with Gasteiger partial charge in [-0.2, -0.15) is 0 Å². The first kappa shape index (κ1) is 25.6. The minimum absolute atomic E-state index is 0.0611. The number of urea groups is 1. The highest BCUT2D eigenvalue weighted by Crippen LogP contribution is 2.32. The maximum absolute atomic E-state index is 12.4. The number of benzene rings is 2. The van der Waals surface area contributed by atoms with Crippen LogP contribution in [0.1, 0.15) is 13.8 Å². The molecule has 188 valence electrons. The van der Waals surface area contributed by atoms with Crippen LogP contribution in [0.2, 0.25) is 0 Å². The summed E-state index contributed by atoms with van der Waals surface area (Å²) >= 11 is 0. The molecule has 0 aliphatic carbocycles. The summed E-state index contributed by atoms with van der Waals surface area (Å²) in [5.74, 6) is 1.35. The SMILES string of the molecule is CCOc1ccc(NC(=O)CN(C)CC(=O)NC(=O)Nc2ccc3c(c2)OCCO3)cc1OCC. The number of likely N-dealkylation sites (N-methyl/N-ethyl adjacent to an activating group) is 1.